The summed E-state index contributed by atoms with van der Waals surface area (Å²) in [7, 11) is 0. The van der Waals surface area contributed by atoms with Gasteiger partial charge in [0.1, 0.15) is 0 Å². The number of hydrogen-bond donors (Lipinski definition) is 0. The van der Waals surface area contributed by atoms with Crippen LogP contribution < -0.4 is 4.90 Å². The van der Waals surface area contributed by atoms with Crippen molar-refractivity contribution in [3.8, 4) is 0 Å². The standard InChI is InChI=1S/C11H9Cl4N7/c12-7-16-6(17-8(13)18-7)5-3-1-2-4-22(5)11-20-9(14)19-10(15)21-11/h5H,1-4H2. The van der Waals surface area contributed by atoms with E-state index in [9.17, 15) is 0 Å². The van der Waals surface area contributed by atoms with Crippen molar-refractivity contribution >= 4 is 52.4 Å². The Morgan fingerprint density at radius 2 is 1.27 bits per heavy atom. The Morgan fingerprint density at radius 1 is 0.727 bits per heavy atom. The first-order valence-corrected chi connectivity index (χ1v) is 7.95. The summed E-state index contributed by atoms with van der Waals surface area (Å²) in [6.07, 6.45) is 2.79. The monoisotopic (exact) mass is 379 g/mol. The third kappa shape index (κ3) is 3.48. The highest BCUT2D eigenvalue weighted by Gasteiger charge is 2.29. The van der Waals surface area contributed by atoms with E-state index in [-0.39, 0.29) is 27.2 Å². The van der Waals surface area contributed by atoms with Crippen LogP contribution in [0.1, 0.15) is 31.1 Å². The van der Waals surface area contributed by atoms with Crippen molar-refractivity contribution in [1.82, 2.24) is 29.9 Å². The first kappa shape index (κ1) is 15.9. The van der Waals surface area contributed by atoms with Crippen LogP contribution in [0.25, 0.3) is 0 Å². The molecule has 0 radical (unpaired) electrons. The van der Waals surface area contributed by atoms with E-state index in [1.165, 1.54) is 0 Å². The topological polar surface area (TPSA) is 80.6 Å². The maximum Gasteiger partial charge on any atom is 0.231 e. The van der Waals surface area contributed by atoms with Gasteiger partial charge in [-0.15, -0.1) is 0 Å². The van der Waals surface area contributed by atoms with Crippen molar-refractivity contribution in [2.24, 2.45) is 0 Å². The molecule has 3 heterocycles. The van der Waals surface area contributed by atoms with Crippen molar-refractivity contribution in [1.29, 1.82) is 0 Å². The molecule has 116 valence electrons. The van der Waals surface area contributed by atoms with Gasteiger partial charge >= 0.3 is 0 Å². The summed E-state index contributed by atoms with van der Waals surface area (Å²) in [5, 5.41) is 0.163. The van der Waals surface area contributed by atoms with Crippen molar-refractivity contribution in [3.05, 3.63) is 27.0 Å². The fraction of sp³-hybridized carbons (Fsp3) is 0.455. The second kappa shape index (κ2) is 6.62. The molecule has 0 aromatic carbocycles. The number of hydrogen-bond acceptors (Lipinski definition) is 7. The van der Waals surface area contributed by atoms with Crippen LogP contribution in [0.3, 0.4) is 0 Å². The SMILES string of the molecule is Clc1nc(Cl)nc(C2CCCCN2c2nc(Cl)nc(Cl)n2)n1. The molecule has 0 N–H and O–H groups in total. The summed E-state index contributed by atoms with van der Waals surface area (Å²) >= 11 is 23.4. The van der Waals surface area contributed by atoms with Gasteiger partial charge in [-0.1, -0.05) is 0 Å². The highest BCUT2D eigenvalue weighted by Crippen LogP contribution is 2.32. The van der Waals surface area contributed by atoms with Crippen molar-refractivity contribution in [3.63, 3.8) is 0 Å². The quantitative estimate of drug-likeness (QED) is 0.789. The van der Waals surface area contributed by atoms with Gasteiger partial charge in [-0.2, -0.15) is 19.9 Å². The van der Waals surface area contributed by atoms with E-state index < -0.39 is 0 Å². The first-order valence-electron chi connectivity index (χ1n) is 6.43. The minimum absolute atomic E-state index is 0.0334. The molecule has 11 heteroatoms. The molecule has 22 heavy (non-hydrogen) atoms. The number of aromatic nitrogens is 6. The summed E-state index contributed by atoms with van der Waals surface area (Å²) in [6, 6.07) is -0.179. The molecule has 1 fully saturated rings. The van der Waals surface area contributed by atoms with Crippen LogP contribution in [0.5, 0.6) is 0 Å². The van der Waals surface area contributed by atoms with E-state index in [1.807, 2.05) is 4.90 Å². The van der Waals surface area contributed by atoms with Crippen LogP contribution in [0.2, 0.25) is 21.1 Å². The van der Waals surface area contributed by atoms with E-state index in [2.05, 4.69) is 29.9 Å². The van der Waals surface area contributed by atoms with Crippen LogP contribution in [-0.4, -0.2) is 36.4 Å². The molecule has 0 amide bonds. The number of nitrogens with zero attached hydrogens (tertiary/aromatic N) is 7. The minimum Gasteiger partial charge on any atom is -0.330 e. The zero-order valence-corrected chi connectivity index (χ0v) is 14.1. The fourth-order valence-electron chi connectivity index (χ4n) is 2.37. The number of halogens is 4. The predicted octanol–water partition coefficient (Wildman–Crippen LogP) is 3.40. The summed E-state index contributed by atoms with van der Waals surface area (Å²) in [4.78, 5) is 26.0. The Morgan fingerprint density at radius 3 is 1.86 bits per heavy atom. The zero-order chi connectivity index (χ0) is 15.7. The molecular formula is C11H9Cl4N7. The van der Waals surface area contributed by atoms with E-state index >= 15 is 0 Å². The maximum absolute atomic E-state index is 5.86. The minimum atomic E-state index is -0.179. The van der Waals surface area contributed by atoms with Gasteiger partial charge in [0, 0.05) is 6.54 Å². The summed E-state index contributed by atoms with van der Waals surface area (Å²) in [5.41, 5.74) is 0. The van der Waals surface area contributed by atoms with E-state index in [0.29, 0.717) is 18.3 Å². The van der Waals surface area contributed by atoms with Crippen LogP contribution in [0.15, 0.2) is 0 Å². The van der Waals surface area contributed by atoms with Crippen LogP contribution >= 0.6 is 46.4 Å². The van der Waals surface area contributed by atoms with Crippen LogP contribution in [0.4, 0.5) is 5.95 Å². The Labute approximate surface area is 146 Å². The molecule has 1 aliphatic rings. The van der Waals surface area contributed by atoms with Gasteiger partial charge in [0.15, 0.2) is 5.82 Å². The normalized spacial score (nSPS) is 18.5. The largest absolute Gasteiger partial charge is 0.330 e. The molecule has 1 saturated heterocycles. The molecule has 0 saturated carbocycles. The zero-order valence-electron chi connectivity index (χ0n) is 11.0. The maximum atomic E-state index is 5.86. The molecule has 1 aliphatic heterocycles. The molecule has 3 rings (SSSR count). The number of anilines is 1. The van der Waals surface area contributed by atoms with Crippen molar-refractivity contribution < 1.29 is 0 Å². The van der Waals surface area contributed by atoms with E-state index in [1.54, 1.807) is 0 Å². The fourth-order valence-corrected chi connectivity index (χ4v) is 3.10. The Bertz CT molecular complexity index is 598. The highest BCUT2D eigenvalue weighted by molar-refractivity contribution is 6.31. The lowest BCUT2D eigenvalue weighted by Gasteiger charge is -2.34. The van der Waals surface area contributed by atoms with Crippen molar-refractivity contribution in [2.45, 2.75) is 25.3 Å². The lowest BCUT2D eigenvalue weighted by molar-refractivity contribution is 0.447. The highest BCUT2D eigenvalue weighted by atomic mass is 35.5. The predicted molar refractivity (Wildman–Crippen MR) is 83.6 cm³/mol. The van der Waals surface area contributed by atoms with Crippen LogP contribution in [-0.2, 0) is 0 Å². The smallest absolute Gasteiger partial charge is 0.231 e. The van der Waals surface area contributed by atoms with Crippen LogP contribution in [0, 0.1) is 0 Å². The molecule has 0 spiro atoms. The van der Waals surface area contributed by atoms with Gasteiger partial charge in [-0.05, 0) is 65.7 Å². The van der Waals surface area contributed by atoms with Crippen molar-refractivity contribution in [2.75, 3.05) is 11.4 Å². The number of rotatable bonds is 2. The Balaban J connectivity index is 2.00. The van der Waals surface area contributed by atoms with Gasteiger partial charge in [-0.25, -0.2) is 9.97 Å². The summed E-state index contributed by atoms with van der Waals surface area (Å²) < 4.78 is 0. The molecule has 2 aromatic rings. The average molecular weight is 381 g/mol. The van der Waals surface area contributed by atoms with E-state index in [0.717, 1.165) is 19.3 Å². The van der Waals surface area contributed by atoms with E-state index in [4.69, 9.17) is 46.4 Å². The lowest BCUT2D eigenvalue weighted by Crippen LogP contribution is -2.36. The Hall–Kier alpha value is -1.02. The summed E-state index contributed by atoms with van der Waals surface area (Å²) in [6.45, 7) is 0.711. The van der Waals surface area contributed by atoms with Gasteiger partial charge in [0.05, 0.1) is 6.04 Å². The first-order chi connectivity index (χ1) is 10.5. The van der Waals surface area contributed by atoms with Gasteiger partial charge in [0.2, 0.25) is 27.1 Å². The number of piperidine rings is 1. The molecule has 0 aliphatic carbocycles. The molecule has 1 unspecified atom stereocenters. The van der Waals surface area contributed by atoms with Gasteiger partial charge < -0.3 is 4.90 Å². The lowest BCUT2D eigenvalue weighted by atomic mass is 10.0. The molecule has 0 bridgehead atoms. The molecule has 2 aromatic heterocycles. The third-order valence-electron chi connectivity index (χ3n) is 3.22. The molecular weight excluding hydrogens is 372 g/mol. The molecule has 1 atom stereocenters. The van der Waals surface area contributed by atoms with Gasteiger partial charge in [-0.3, -0.25) is 0 Å². The Kier molecular flexibility index (Phi) is 4.77. The second-order valence-corrected chi connectivity index (χ2v) is 5.96. The summed E-state index contributed by atoms with van der Waals surface area (Å²) in [5.74, 6) is 0.847. The van der Waals surface area contributed by atoms with Gasteiger partial charge in [0.25, 0.3) is 0 Å². The second-order valence-electron chi connectivity index (χ2n) is 4.61. The third-order valence-corrected chi connectivity index (χ3v) is 3.90. The molecule has 7 nitrogen and oxygen atoms in total. The average Bonchev–Trinajstić information content (AvgIpc) is 2.45.